The number of rotatable bonds is 2. The summed E-state index contributed by atoms with van der Waals surface area (Å²) >= 11 is 6.31. The highest BCUT2D eigenvalue weighted by Crippen LogP contribution is 2.44. The Hall–Kier alpha value is -3.78. The second kappa shape index (κ2) is 6.61. The van der Waals surface area contributed by atoms with Gasteiger partial charge in [0.05, 0.1) is 6.04 Å². The van der Waals surface area contributed by atoms with Crippen LogP contribution in [0.15, 0.2) is 48.8 Å². The molecule has 0 saturated heterocycles. The molecule has 5 heterocycles. The van der Waals surface area contributed by atoms with Gasteiger partial charge in [0, 0.05) is 23.1 Å². The fraction of sp³-hybridized carbons (Fsp3) is 0.174. The van der Waals surface area contributed by atoms with Crippen LogP contribution in [0.4, 0.5) is 5.82 Å². The molecule has 9 heteroatoms. The molecule has 7 rings (SSSR count). The second-order valence-electron chi connectivity index (χ2n) is 7.99. The lowest BCUT2D eigenvalue weighted by Gasteiger charge is -2.36. The van der Waals surface area contributed by atoms with E-state index in [0.717, 1.165) is 52.6 Å². The van der Waals surface area contributed by atoms with Crippen molar-refractivity contribution in [2.45, 2.75) is 12.5 Å². The predicted molar refractivity (Wildman–Crippen MR) is 119 cm³/mol. The molecule has 0 spiro atoms. The number of hydrogen-bond acceptors (Lipinski definition) is 5. The summed E-state index contributed by atoms with van der Waals surface area (Å²) in [4.78, 5) is 21.2. The van der Waals surface area contributed by atoms with Crippen molar-refractivity contribution in [3.05, 3.63) is 70.9 Å². The Balaban J connectivity index is 1.48. The minimum atomic E-state index is -0.113. The summed E-state index contributed by atoms with van der Waals surface area (Å²) in [6.07, 6.45) is 2.63. The van der Waals surface area contributed by atoms with Gasteiger partial charge in [-0.3, -0.25) is 4.98 Å². The quantitative estimate of drug-likeness (QED) is 0.403. The van der Waals surface area contributed by atoms with Crippen molar-refractivity contribution >= 4 is 39.5 Å². The van der Waals surface area contributed by atoms with Crippen LogP contribution in [-0.4, -0.2) is 33.3 Å². The van der Waals surface area contributed by atoms with Crippen LogP contribution < -0.4 is 19.4 Å². The fourth-order valence-corrected chi connectivity index (χ4v) is 5.11. The van der Waals surface area contributed by atoms with Gasteiger partial charge in [0.25, 0.3) is 0 Å². The van der Waals surface area contributed by atoms with Crippen molar-refractivity contribution in [2.75, 3.05) is 18.2 Å². The van der Waals surface area contributed by atoms with E-state index < -0.39 is 0 Å². The van der Waals surface area contributed by atoms with Crippen LogP contribution in [0.2, 0.25) is 5.28 Å². The van der Waals surface area contributed by atoms with E-state index in [1.807, 2.05) is 6.07 Å². The van der Waals surface area contributed by atoms with E-state index in [9.17, 15) is 0 Å². The molecule has 0 amide bonds. The minimum absolute atomic E-state index is 0.113. The van der Waals surface area contributed by atoms with Gasteiger partial charge in [0.15, 0.2) is 23.6 Å². The van der Waals surface area contributed by atoms with Gasteiger partial charge < -0.3 is 19.4 Å². The SMILES string of the molecule is Clc1nc(N2CCc3c([nH]c4ccccc34)C2c2ccc3c(c2)OCO3)c2[nH]c[nH+]c2n1. The standard InChI is InChI=1S/C23H17ClN6O2/c24-23-28-21-19(25-10-26-21)22(29-23)30-8-7-14-13-3-1-2-4-15(13)27-18(14)20(30)12-5-6-16-17(9-12)32-11-31-16/h1-6,9-10,20,27H,7-8,11H2,(H,25,26,28,29)/p+1. The zero-order chi connectivity index (χ0) is 21.2. The van der Waals surface area contributed by atoms with Gasteiger partial charge >= 0.3 is 10.9 Å². The molecular weight excluding hydrogens is 428 g/mol. The first kappa shape index (κ1) is 17.9. The Bertz CT molecular complexity index is 1510. The Kier molecular flexibility index (Phi) is 3.69. The number of anilines is 1. The predicted octanol–water partition coefficient (Wildman–Crippen LogP) is 3.79. The van der Waals surface area contributed by atoms with Crippen molar-refractivity contribution < 1.29 is 14.5 Å². The van der Waals surface area contributed by atoms with Gasteiger partial charge in [-0.1, -0.05) is 29.2 Å². The Morgan fingerprint density at radius 1 is 1.09 bits per heavy atom. The molecule has 0 aliphatic carbocycles. The van der Waals surface area contributed by atoms with E-state index in [1.54, 1.807) is 6.33 Å². The lowest BCUT2D eigenvalue weighted by atomic mass is 9.92. The molecule has 32 heavy (non-hydrogen) atoms. The highest BCUT2D eigenvalue weighted by molar-refractivity contribution is 6.28. The lowest BCUT2D eigenvalue weighted by Crippen LogP contribution is -2.37. The molecule has 2 aliphatic rings. The number of hydrogen-bond donors (Lipinski definition) is 2. The van der Waals surface area contributed by atoms with Crippen LogP contribution in [0.25, 0.3) is 22.1 Å². The molecule has 2 aliphatic heterocycles. The van der Waals surface area contributed by atoms with Gasteiger partial charge in [0.1, 0.15) is 0 Å². The summed E-state index contributed by atoms with van der Waals surface area (Å²) in [6.45, 7) is 1.01. The lowest BCUT2D eigenvalue weighted by molar-refractivity contribution is -0.347. The summed E-state index contributed by atoms with van der Waals surface area (Å²) in [5, 5.41) is 1.46. The number of H-pyrrole nitrogens is 3. The average Bonchev–Trinajstić information content (AvgIpc) is 3.54. The van der Waals surface area contributed by atoms with E-state index in [1.165, 1.54) is 10.9 Å². The van der Waals surface area contributed by atoms with Crippen LogP contribution in [0.5, 0.6) is 11.5 Å². The number of aromatic nitrogens is 5. The molecule has 0 radical (unpaired) electrons. The molecule has 1 unspecified atom stereocenters. The van der Waals surface area contributed by atoms with Gasteiger partial charge in [0.2, 0.25) is 12.3 Å². The number of benzene rings is 2. The molecule has 0 saturated carbocycles. The van der Waals surface area contributed by atoms with E-state index in [2.05, 4.69) is 66.2 Å². The third-order valence-electron chi connectivity index (χ3n) is 6.31. The molecule has 1 atom stereocenters. The smallest absolute Gasteiger partial charge is 0.306 e. The summed E-state index contributed by atoms with van der Waals surface area (Å²) in [5.41, 5.74) is 6.18. The van der Waals surface area contributed by atoms with Crippen molar-refractivity contribution in [1.29, 1.82) is 0 Å². The zero-order valence-corrected chi connectivity index (χ0v) is 17.6. The number of nitrogens with one attached hydrogen (secondary N) is 3. The molecule has 158 valence electrons. The zero-order valence-electron chi connectivity index (χ0n) is 16.9. The Morgan fingerprint density at radius 3 is 2.97 bits per heavy atom. The molecule has 3 N–H and O–H groups in total. The number of halogens is 1. The summed E-state index contributed by atoms with van der Waals surface area (Å²) in [6, 6.07) is 14.4. The van der Waals surface area contributed by atoms with Crippen LogP contribution in [0.1, 0.15) is 22.9 Å². The molecule has 0 bridgehead atoms. The van der Waals surface area contributed by atoms with Crippen molar-refractivity contribution in [3.63, 3.8) is 0 Å². The second-order valence-corrected chi connectivity index (χ2v) is 8.33. The van der Waals surface area contributed by atoms with Crippen molar-refractivity contribution in [1.82, 2.24) is 19.9 Å². The monoisotopic (exact) mass is 445 g/mol. The Labute approximate surface area is 187 Å². The number of nitrogens with zero attached hydrogens (tertiary/aromatic N) is 3. The molecule has 8 nitrogen and oxygen atoms in total. The van der Waals surface area contributed by atoms with Crippen molar-refractivity contribution in [3.8, 4) is 11.5 Å². The molecule has 3 aromatic heterocycles. The third kappa shape index (κ3) is 2.53. The first-order chi connectivity index (χ1) is 15.8. The average molecular weight is 446 g/mol. The maximum Gasteiger partial charge on any atom is 0.306 e. The normalized spacial score (nSPS) is 17.3. The number of ether oxygens (including phenoxy) is 2. The van der Waals surface area contributed by atoms with Gasteiger partial charge in [-0.15, -0.1) is 0 Å². The van der Waals surface area contributed by atoms with E-state index >= 15 is 0 Å². The highest BCUT2D eigenvalue weighted by Gasteiger charge is 2.35. The summed E-state index contributed by atoms with van der Waals surface area (Å²) < 4.78 is 11.2. The largest absolute Gasteiger partial charge is 0.454 e. The van der Waals surface area contributed by atoms with Crippen LogP contribution >= 0.6 is 11.6 Å². The van der Waals surface area contributed by atoms with Crippen LogP contribution in [0.3, 0.4) is 0 Å². The highest BCUT2D eigenvalue weighted by atomic mass is 35.5. The first-order valence-corrected chi connectivity index (χ1v) is 10.8. The topological polar surface area (TPSA) is 93.2 Å². The number of para-hydroxylation sites is 1. The molecule has 2 aromatic carbocycles. The summed E-state index contributed by atoms with van der Waals surface area (Å²) in [7, 11) is 0. The Morgan fingerprint density at radius 2 is 2.00 bits per heavy atom. The number of fused-ring (bicyclic) bond motifs is 5. The molecule has 5 aromatic rings. The van der Waals surface area contributed by atoms with E-state index in [4.69, 9.17) is 21.1 Å². The van der Waals surface area contributed by atoms with E-state index in [-0.39, 0.29) is 18.1 Å². The van der Waals surface area contributed by atoms with Crippen LogP contribution in [0, 0.1) is 0 Å². The third-order valence-corrected chi connectivity index (χ3v) is 6.48. The van der Waals surface area contributed by atoms with Crippen LogP contribution in [-0.2, 0) is 6.42 Å². The maximum absolute atomic E-state index is 6.31. The van der Waals surface area contributed by atoms with E-state index in [0.29, 0.717) is 5.65 Å². The number of imidazole rings is 1. The molecule has 0 fully saturated rings. The number of aromatic amines is 3. The van der Waals surface area contributed by atoms with Gasteiger partial charge in [-0.2, -0.15) is 4.98 Å². The summed E-state index contributed by atoms with van der Waals surface area (Å²) in [5.74, 6) is 2.28. The maximum atomic E-state index is 6.31. The minimum Gasteiger partial charge on any atom is -0.454 e. The van der Waals surface area contributed by atoms with Gasteiger partial charge in [-0.25, -0.2) is 4.98 Å². The first-order valence-electron chi connectivity index (χ1n) is 10.4. The van der Waals surface area contributed by atoms with Crippen molar-refractivity contribution in [2.24, 2.45) is 0 Å². The van der Waals surface area contributed by atoms with Gasteiger partial charge in [-0.05, 0) is 47.3 Å². The fourth-order valence-electron chi connectivity index (χ4n) is 4.94. The molecular formula is C23H18ClN6O2+.